The number of nitrogens with zero attached hydrogens (tertiary/aromatic N) is 4. The van der Waals surface area contributed by atoms with Crippen LogP contribution in [0, 0.1) is 5.41 Å². The maximum Gasteiger partial charge on any atom is 0.225 e. The topological polar surface area (TPSA) is 61.4 Å². The van der Waals surface area contributed by atoms with Crippen molar-refractivity contribution in [2.24, 2.45) is 5.41 Å². The normalized spacial score (nSPS) is 15.8. The molecule has 0 aliphatic carbocycles. The minimum Gasteiger partial charge on any atom is -0.363 e. The van der Waals surface area contributed by atoms with Gasteiger partial charge in [0.25, 0.3) is 0 Å². The summed E-state index contributed by atoms with van der Waals surface area (Å²) in [6.07, 6.45) is 1.58. The quantitative estimate of drug-likeness (QED) is 0.889. The van der Waals surface area contributed by atoms with Gasteiger partial charge >= 0.3 is 0 Å². The van der Waals surface area contributed by atoms with E-state index in [0.29, 0.717) is 0 Å². The maximum absolute atomic E-state index is 11.9. The summed E-state index contributed by atoms with van der Waals surface area (Å²) in [5, 5.41) is 3.06. The molecule has 1 N–H and O–H groups in total. The number of hydrogen-bond acceptors (Lipinski definition) is 5. The summed E-state index contributed by atoms with van der Waals surface area (Å²) in [6.45, 7) is 7.36. The predicted molar refractivity (Wildman–Crippen MR) is 80.0 cm³/mol. The van der Waals surface area contributed by atoms with Crippen LogP contribution in [0.2, 0.25) is 0 Å². The van der Waals surface area contributed by atoms with E-state index < -0.39 is 0 Å². The fourth-order valence-electron chi connectivity index (χ4n) is 1.91. The van der Waals surface area contributed by atoms with Gasteiger partial charge in [-0.25, -0.2) is 9.97 Å². The van der Waals surface area contributed by atoms with E-state index in [0.717, 1.165) is 24.7 Å². The van der Waals surface area contributed by atoms with E-state index in [-0.39, 0.29) is 17.4 Å². The van der Waals surface area contributed by atoms with E-state index in [1.165, 1.54) is 0 Å². The van der Waals surface area contributed by atoms with Crippen molar-refractivity contribution < 1.29 is 4.79 Å². The highest BCUT2D eigenvalue weighted by Gasteiger charge is 2.32. The van der Waals surface area contributed by atoms with Gasteiger partial charge in [-0.1, -0.05) is 20.8 Å². The van der Waals surface area contributed by atoms with Gasteiger partial charge in [0.2, 0.25) is 5.91 Å². The molecule has 0 atom stereocenters. The Labute approximate surface area is 120 Å². The summed E-state index contributed by atoms with van der Waals surface area (Å²) in [4.78, 5) is 24.5. The Morgan fingerprint density at radius 3 is 2.55 bits per heavy atom. The van der Waals surface area contributed by atoms with Crippen LogP contribution in [-0.4, -0.2) is 49.1 Å². The van der Waals surface area contributed by atoms with E-state index >= 15 is 0 Å². The highest BCUT2D eigenvalue weighted by atomic mass is 16.2. The lowest BCUT2D eigenvalue weighted by molar-refractivity contribution is -0.129. The second kappa shape index (κ2) is 5.26. The molecule has 2 heterocycles. The van der Waals surface area contributed by atoms with Crippen LogP contribution in [0.25, 0.3) is 0 Å². The van der Waals surface area contributed by atoms with Crippen LogP contribution in [0.4, 0.5) is 11.6 Å². The molecule has 0 unspecified atom stereocenters. The third-order valence-corrected chi connectivity index (χ3v) is 3.32. The van der Waals surface area contributed by atoms with Crippen molar-refractivity contribution >= 4 is 17.5 Å². The third-order valence-electron chi connectivity index (χ3n) is 3.32. The second-order valence-corrected chi connectivity index (χ2v) is 6.45. The fraction of sp³-hybridized carbons (Fsp3) is 0.643. The van der Waals surface area contributed by atoms with Gasteiger partial charge in [-0.05, 0) is 0 Å². The summed E-state index contributed by atoms with van der Waals surface area (Å²) >= 11 is 0. The maximum atomic E-state index is 11.9. The lowest BCUT2D eigenvalue weighted by atomic mass is 9.94. The molecule has 1 aromatic rings. The van der Waals surface area contributed by atoms with Crippen LogP contribution >= 0.6 is 0 Å². The molecular formula is C14H23N5O. The summed E-state index contributed by atoms with van der Waals surface area (Å²) in [5.74, 6) is 1.89. The van der Waals surface area contributed by atoms with Gasteiger partial charge < -0.3 is 15.1 Å². The first-order valence-electron chi connectivity index (χ1n) is 6.82. The van der Waals surface area contributed by atoms with Crippen molar-refractivity contribution in [1.29, 1.82) is 0 Å². The van der Waals surface area contributed by atoms with Gasteiger partial charge in [0.05, 0.1) is 6.04 Å². The number of amides is 1. The Balaban J connectivity index is 1.90. The summed E-state index contributed by atoms with van der Waals surface area (Å²) < 4.78 is 0. The molecule has 1 amide bonds. The van der Waals surface area contributed by atoms with Gasteiger partial charge in [-0.2, -0.15) is 0 Å². The van der Waals surface area contributed by atoms with Gasteiger partial charge in [0.15, 0.2) is 0 Å². The first-order valence-corrected chi connectivity index (χ1v) is 6.82. The molecule has 1 fully saturated rings. The van der Waals surface area contributed by atoms with Crippen molar-refractivity contribution in [3.05, 3.63) is 12.4 Å². The number of hydrogen-bond donors (Lipinski definition) is 1. The van der Waals surface area contributed by atoms with Crippen LogP contribution in [0.5, 0.6) is 0 Å². The lowest BCUT2D eigenvalue weighted by Crippen LogP contribution is -2.61. The molecule has 20 heavy (non-hydrogen) atoms. The number of nitrogens with one attached hydrogen (secondary N) is 1. The molecular weight excluding hydrogens is 254 g/mol. The number of carbonyl (C=O) groups is 1. The lowest BCUT2D eigenvalue weighted by Gasteiger charge is -2.41. The molecule has 0 bridgehead atoms. The van der Waals surface area contributed by atoms with Crippen LogP contribution < -0.4 is 15.1 Å². The average Bonchev–Trinajstić information content (AvgIpc) is 2.31. The zero-order valence-corrected chi connectivity index (χ0v) is 12.8. The largest absolute Gasteiger partial charge is 0.363 e. The molecule has 110 valence electrons. The standard InChI is InChI=1S/C14H23N5O/c1-14(2,3)13(20)17-10-7-19(8-10)12-6-11(18(4)5)15-9-16-12/h6,9-10H,7-8H2,1-5H3,(H,17,20). The Hall–Kier alpha value is -1.85. The van der Waals surface area contributed by atoms with Crippen molar-refractivity contribution in [3.8, 4) is 0 Å². The average molecular weight is 277 g/mol. The number of rotatable bonds is 3. The Kier molecular flexibility index (Phi) is 3.83. The predicted octanol–water partition coefficient (Wildman–Crippen LogP) is 0.893. The van der Waals surface area contributed by atoms with Crippen LogP contribution in [0.3, 0.4) is 0 Å². The molecule has 0 saturated carbocycles. The van der Waals surface area contributed by atoms with Gasteiger partial charge in [0.1, 0.15) is 18.0 Å². The van der Waals surface area contributed by atoms with Crippen LogP contribution in [0.15, 0.2) is 12.4 Å². The highest BCUT2D eigenvalue weighted by Crippen LogP contribution is 2.22. The van der Waals surface area contributed by atoms with E-state index in [1.54, 1.807) is 6.33 Å². The molecule has 2 rings (SSSR count). The Morgan fingerprint density at radius 1 is 1.35 bits per heavy atom. The molecule has 6 heteroatoms. The van der Waals surface area contributed by atoms with E-state index in [4.69, 9.17) is 0 Å². The molecule has 0 radical (unpaired) electrons. The zero-order valence-electron chi connectivity index (χ0n) is 12.8. The second-order valence-electron chi connectivity index (χ2n) is 6.45. The van der Waals surface area contributed by atoms with Crippen LogP contribution in [0.1, 0.15) is 20.8 Å². The summed E-state index contributed by atoms with van der Waals surface area (Å²) in [6, 6.07) is 2.17. The first-order chi connectivity index (χ1) is 9.27. The fourth-order valence-corrected chi connectivity index (χ4v) is 1.91. The summed E-state index contributed by atoms with van der Waals surface area (Å²) in [7, 11) is 3.91. The molecule has 6 nitrogen and oxygen atoms in total. The van der Waals surface area contributed by atoms with Crippen molar-refractivity contribution in [1.82, 2.24) is 15.3 Å². The number of carbonyl (C=O) groups excluding carboxylic acids is 1. The van der Waals surface area contributed by atoms with Crippen LogP contribution in [-0.2, 0) is 4.79 Å². The summed E-state index contributed by atoms with van der Waals surface area (Å²) in [5.41, 5.74) is -0.340. The van der Waals surface area contributed by atoms with Crippen molar-refractivity contribution in [3.63, 3.8) is 0 Å². The molecule has 1 aliphatic rings. The zero-order chi connectivity index (χ0) is 14.9. The Bertz CT molecular complexity index is 489. The molecule has 0 aromatic carbocycles. The number of aromatic nitrogens is 2. The van der Waals surface area contributed by atoms with Gasteiger partial charge in [-0.15, -0.1) is 0 Å². The minimum absolute atomic E-state index is 0.0961. The van der Waals surface area contributed by atoms with Crippen molar-refractivity contribution in [2.45, 2.75) is 26.8 Å². The van der Waals surface area contributed by atoms with E-state index in [1.807, 2.05) is 45.8 Å². The van der Waals surface area contributed by atoms with Gasteiger partial charge in [-0.3, -0.25) is 4.79 Å². The molecule has 1 saturated heterocycles. The van der Waals surface area contributed by atoms with E-state index in [2.05, 4.69) is 20.2 Å². The molecule has 0 spiro atoms. The monoisotopic (exact) mass is 277 g/mol. The van der Waals surface area contributed by atoms with Gasteiger partial charge in [0, 0.05) is 38.7 Å². The smallest absolute Gasteiger partial charge is 0.225 e. The molecule has 1 aliphatic heterocycles. The minimum atomic E-state index is -0.340. The molecule has 1 aromatic heterocycles. The Morgan fingerprint density at radius 2 is 2.00 bits per heavy atom. The first kappa shape index (κ1) is 14.6. The highest BCUT2D eigenvalue weighted by molar-refractivity contribution is 5.82. The third kappa shape index (κ3) is 3.18. The van der Waals surface area contributed by atoms with E-state index in [9.17, 15) is 4.79 Å². The van der Waals surface area contributed by atoms with Crippen molar-refractivity contribution in [2.75, 3.05) is 37.0 Å². The SMILES string of the molecule is CN(C)c1cc(N2CC(NC(=O)C(C)(C)C)C2)ncn1. The number of anilines is 2.